The van der Waals surface area contributed by atoms with Crippen LogP contribution in [0.1, 0.15) is 5.56 Å². The number of rotatable bonds is 2. The van der Waals surface area contributed by atoms with E-state index in [1.54, 1.807) is 18.6 Å². The molecule has 4 heteroatoms. The van der Waals surface area contributed by atoms with E-state index >= 15 is 0 Å². The van der Waals surface area contributed by atoms with Crippen LogP contribution < -0.4 is 0 Å². The van der Waals surface area contributed by atoms with Crippen LogP contribution >= 0.6 is 0 Å². The minimum absolute atomic E-state index is 0.823. The van der Waals surface area contributed by atoms with Gasteiger partial charge in [-0.15, -0.1) is 0 Å². The molecule has 0 bridgehead atoms. The van der Waals surface area contributed by atoms with Crippen molar-refractivity contribution in [1.82, 2.24) is 9.97 Å². The van der Waals surface area contributed by atoms with E-state index in [-0.39, 0.29) is 0 Å². The molecule has 0 aliphatic heterocycles. The summed E-state index contributed by atoms with van der Waals surface area (Å²) in [4.78, 5) is 12.0. The second-order valence-electron chi connectivity index (χ2n) is 1.59. The highest BCUT2D eigenvalue weighted by atomic mass is 16.6. The van der Waals surface area contributed by atoms with Crippen molar-refractivity contribution in [2.75, 3.05) is 7.11 Å². The van der Waals surface area contributed by atoms with E-state index in [4.69, 9.17) is 0 Å². The smallest absolute Gasteiger partial charge is 0.115 e. The van der Waals surface area contributed by atoms with E-state index in [9.17, 15) is 0 Å². The Kier molecular flexibility index (Phi) is 2.37. The predicted octanol–water partition coefficient (Wildman–Crippen LogP) is 0.457. The van der Waals surface area contributed by atoms with Gasteiger partial charge in [0.25, 0.3) is 0 Å². The van der Waals surface area contributed by atoms with E-state index in [1.165, 1.54) is 13.4 Å². The molecule has 0 unspecified atom stereocenters. The topological polar surface area (TPSA) is 47.4 Å². The van der Waals surface area contributed by atoms with Crippen LogP contribution in [-0.4, -0.2) is 23.3 Å². The lowest BCUT2D eigenvalue weighted by molar-refractivity contribution is 0.215. The van der Waals surface area contributed by atoms with Gasteiger partial charge in [-0.1, -0.05) is 5.16 Å². The normalized spacial score (nSPS) is 10.1. The maximum atomic E-state index is 4.46. The van der Waals surface area contributed by atoms with Crippen molar-refractivity contribution in [2.24, 2.45) is 5.16 Å². The van der Waals surface area contributed by atoms with Crippen molar-refractivity contribution in [3.05, 3.63) is 24.3 Å². The van der Waals surface area contributed by atoms with Crippen molar-refractivity contribution >= 4 is 6.21 Å². The summed E-state index contributed by atoms with van der Waals surface area (Å²) in [5.74, 6) is 0. The fraction of sp³-hybridized carbons (Fsp3) is 0.167. The largest absolute Gasteiger partial charge is 0.399 e. The summed E-state index contributed by atoms with van der Waals surface area (Å²) in [6.45, 7) is 0. The summed E-state index contributed by atoms with van der Waals surface area (Å²) < 4.78 is 0. The van der Waals surface area contributed by atoms with Crippen LogP contribution in [0, 0.1) is 0 Å². The van der Waals surface area contributed by atoms with E-state index in [0.717, 1.165) is 5.56 Å². The average molecular weight is 137 g/mol. The first-order valence-electron chi connectivity index (χ1n) is 2.75. The summed E-state index contributed by atoms with van der Waals surface area (Å²) in [6, 6.07) is 0. The molecule has 4 nitrogen and oxygen atoms in total. The van der Waals surface area contributed by atoms with E-state index in [1.807, 2.05) is 0 Å². The Hall–Kier alpha value is -1.45. The molecular weight excluding hydrogens is 130 g/mol. The zero-order chi connectivity index (χ0) is 7.23. The molecule has 0 radical (unpaired) electrons. The lowest BCUT2D eigenvalue weighted by Crippen LogP contribution is -1.84. The molecule has 1 aromatic rings. The third kappa shape index (κ3) is 1.81. The highest BCUT2D eigenvalue weighted by Crippen LogP contribution is 1.86. The Morgan fingerprint density at radius 3 is 2.80 bits per heavy atom. The highest BCUT2D eigenvalue weighted by Gasteiger charge is 1.83. The summed E-state index contributed by atoms with van der Waals surface area (Å²) in [5, 5.41) is 3.54. The molecule has 0 N–H and O–H groups in total. The van der Waals surface area contributed by atoms with Gasteiger partial charge in [-0.05, 0) is 0 Å². The maximum absolute atomic E-state index is 4.46. The monoisotopic (exact) mass is 137 g/mol. The summed E-state index contributed by atoms with van der Waals surface area (Å²) in [7, 11) is 1.49. The number of hydrogen-bond acceptors (Lipinski definition) is 4. The van der Waals surface area contributed by atoms with E-state index < -0.39 is 0 Å². The van der Waals surface area contributed by atoms with Gasteiger partial charge in [0.1, 0.15) is 13.4 Å². The zero-order valence-electron chi connectivity index (χ0n) is 5.56. The van der Waals surface area contributed by atoms with Crippen molar-refractivity contribution in [1.29, 1.82) is 0 Å². The first kappa shape index (κ1) is 6.67. The highest BCUT2D eigenvalue weighted by molar-refractivity contribution is 5.77. The average Bonchev–Trinajstić information content (AvgIpc) is 2.03. The van der Waals surface area contributed by atoms with Crippen LogP contribution in [-0.2, 0) is 4.84 Å². The molecule has 0 amide bonds. The molecule has 1 heterocycles. The van der Waals surface area contributed by atoms with Gasteiger partial charge in [-0.3, -0.25) is 0 Å². The van der Waals surface area contributed by atoms with Crippen molar-refractivity contribution in [2.45, 2.75) is 0 Å². The first-order chi connectivity index (χ1) is 4.93. The molecule has 0 aliphatic carbocycles. The van der Waals surface area contributed by atoms with Crippen LogP contribution in [0.5, 0.6) is 0 Å². The molecule has 0 aromatic carbocycles. The van der Waals surface area contributed by atoms with Crippen molar-refractivity contribution < 1.29 is 4.84 Å². The third-order valence-electron chi connectivity index (χ3n) is 0.888. The van der Waals surface area contributed by atoms with E-state index in [0.29, 0.717) is 0 Å². The van der Waals surface area contributed by atoms with Crippen LogP contribution in [0.3, 0.4) is 0 Å². The van der Waals surface area contributed by atoms with Crippen LogP contribution in [0.2, 0.25) is 0 Å². The van der Waals surface area contributed by atoms with Gasteiger partial charge >= 0.3 is 0 Å². The summed E-state index contributed by atoms with van der Waals surface area (Å²) in [5.41, 5.74) is 0.823. The van der Waals surface area contributed by atoms with Crippen LogP contribution in [0.4, 0.5) is 0 Å². The third-order valence-corrected chi connectivity index (χ3v) is 0.888. The molecule has 52 valence electrons. The van der Waals surface area contributed by atoms with Gasteiger partial charge in [0.05, 0.1) is 6.21 Å². The van der Waals surface area contributed by atoms with Crippen molar-refractivity contribution in [3.63, 3.8) is 0 Å². The maximum Gasteiger partial charge on any atom is 0.115 e. The fourth-order valence-electron chi connectivity index (χ4n) is 0.491. The Bertz CT molecular complexity index is 209. The quantitative estimate of drug-likeness (QED) is 0.439. The molecule has 1 aromatic heterocycles. The molecule has 0 aliphatic rings. The molecule has 10 heavy (non-hydrogen) atoms. The van der Waals surface area contributed by atoms with Gasteiger partial charge in [0.2, 0.25) is 0 Å². The number of aromatic nitrogens is 2. The molecule has 0 saturated heterocycles. The van der Waals surface area contributed by atoms with Crippen LogP contribution in [0.15, 0.2) is 23.9 Å². The zero-order valence-corrected chi connectivity index (χ0v) is 5.56. The minimum Gasteiger partial charge on any atom is -0.399 e. The molecule has 0 fully saturated rings. The molecule has 0 atom stereocenters. The molecular formula is C6H7N3O. The Labute approximate surface area is 58.6 Å². The van der Waals surface area contributed by atoms with Gasteiger partial charge in [-0.25, -0.2) is 9.97 Å². The summed E-state index contributed by atoms with van der Waals surface area (Å²) in [6.07, 6.45) is 6.30. The molecule has 1 rings (SSSR count). The second-order valence-corrected chi connectivity index (χ2v) is 1.59. The Balaban J connectivity index is 2.67. The Morgan fingerprint density at radius 1 is 1.50 bits per heavy atom. The van der Waals surface area contributed by atoms with Crippen LogP contribution in [0.25, 0.3) is 0 Å². The first-order valence-corrected chi connectivity index (χ1v) is 2.75. The van der Waals surface area contributed by atoms with Crippen molar-refractivity contribution in [3.8, 4) is 0 Å². The summed E-state index contributed by atoms with van der Waals surface area (Å²) >= 11 is 0. The standard InChI is InChI=1S/C6H7N3O/c1-10-9-4-6-2-7-5-8-3-6/h2-5H,1H3. The second kappa shape index (κ2) is 3.55. The number of oxime groups is 1. The SMILES string of the molecule is CON=Cc1cncnc1. The Morgan fingerprint density at radius 2 is 2.20 bits per heavy atom. The predicted molar refractivity (Wildman–Crippen MR) is 36.6 cm³/mol. The number of hydrogen-bond donors (Lipinski definition) is 0. The number of nitrogens with zero attached hydrogens (tertiary/aromatic N) is 3. The van der Waals surface area contributed by atoms with Gasteiger partial charge in [0.15, 0.2) is 0 Å². The lowest BCUT2D eigenvalue weighted by Gasteiger charge is -1.87. The minimum atomic E-state index is 0.823. The van der Waals surface area contributed by atoms with Gasteiger partial charge in [-0.2, -0.15) is 0 Å². The lowest BCUT2D eigenvalue weighted by atomic mass is 10.4. The van der Waals surface area contributed by atoms with Gasteiger partial charge < -0.3 is 4.84 Å². The van der Waals surface area contributed by atoms with Gasteiger partial charge in [0, 0.05) is 18.0 Å². The molecule has 0 spiro atoms. The fourth-order valence-corrected chi connectivity index (χ4v) is 0.491. The van der Waals surface area contributed by atoms with E-state index in [2.05, 4.69) is 20.0 Å². The molecule has 0 saturated carbocycles.